The van der Waals surface area contributed by atoms with Crippen molar-refractivity contribution in [3.8, 4) is 0 Å². The van der Waals surface area contributed by atoms with E-state index in [4.69, 9.17) is 17.3 Å². The highest BCUT2D eigenvalue weighted by Gasteiger charge is 2.25. The Morgan fingerprint density at radius 1 is 1.69 bits per heavy atom. The van der Waals surface area contributed by atoms with E-state index in [0.29, 0.717) is 6.07 Å². The molecule has 0 heterocycles. The van der Waals surface area contributed by atoms with Gasteiger partial charge in [0.05, 0.1) is 12.0 Å². The Balaban J connectivity index is 3.53. The van der Waals surface area contributed by atoms with Crippen LogP contribution in [0.2, 0.25) is 5.02 Å². The van der Waals surface area contributed by atoms with E-state index in [9.17, 15) is 19.3 Å². The van der Waals surface area contributed by atoms with Crippen LogP contribution in [0.25, 0.3) is 0 Å². The number of ether oxygens (including phenoxy) is 1. The number of rotatable bonds is 2. The van der Waals surface area contributed by atoms with E-state index in [1.165, 1.54) is 0 Å². The van der Waals surface area contributed by atoms with Crippen molar-refractivity contribution < 1.29 is 18.8 Å². The average molecular weight is 249 g/mol. The van der Waals surface area contributed by atoms with Gasteiger partial charge in [-0.15, -0.1) is 0 Å². The summed E-state index contributed by atoms with van der Waals surface area (Å²) in [6.07, 6.45) is 0. The molecule has 0 saturated heterocycles. The topological polar surface area (TPSA) is 95.5 Å². The minimum Gasteiger partial charge on any atom is -0.465 e. The fourth-order valence-corrected chi connectivity index (χ4v) is 1.23. The Hall–Kier alpha value is -1.89. The first-order valence-corrected chi connectivity index (χ1v) is 4.28. The van der Waals surface area contributed by atoms with Gasteiger partial charge in [-0.05, 0) is 0 Å². The van der Waals surface area contributed by atoms with Gasteiger partial charge in [-0.1, -0.05) is 11.6 Å². The predicted molar refractivity (Wildman–Crippen MR) is 53.8 cm³/mol. The molecule has 0 radical (unpaired) electrons. The van der Waals surface area contributed by atoms with E-state index >= 15 is 0 Å². The molecular weight excluding hydrogens is 243 g/mol. The first kappa shape index (κ1) is 12.2. The number of anilines is 1. The molecule has 1 aromatic rings. The molecule has 8 heteroatoms. The smallest absolute Gasteiger partial charge is 0.341 e. The number of nitrogens with zero attached hydrogens (tertiary/aromatic N) is 1. The lowest BCUT2D eigenvalue weighted by molar-refractivity contribution is -0.384. The molecule has 86 valence electrons. The summed E-state index contributed by atoms with van der Waals surface area (Å²) in [4.78, 5) is 20.8. The van der Waals surface area contributed by atoms with Crippen molar-refractivity contribution in [2.45, 2.75) is 0 Å². The highest BCUT2D eigenvalue weighted by atomic mass is 35.5. The Bertz CT molecular complexity index is 478. The summed E-state index contributed by atoms with van der Waals surface area (Å²) in [6, 6.07) is 0.683. The van der Waals surface area contributed by atoms with Crippen LogP contribution < -0.4 is 5.73 Å². The van der Waals surface area contributed by atoms with Gasteiger partial charge in [0.2, 0.25) is 0 Å². The number of carbonyl (C=O) groups excluding carboxylic acids is 1. The fraction of sp³-hybridized carbons (Fsp3) is 0.125. The van der Waals surface area contributed by atoms with Crippen molar-refractivity contribution in [2.75, 3.05) is 12.8 Å². The first-order chi connectivity index (χ1) is 7.40. The maximum absolute atomic E-state index is 13.4. The van der Waals surface area contributed by atoms with Gasteiger partial charge in [-0.25, -0.2) is 9.18 Å². The SMILES string of the molecule is COC(=O)c1cc([N+](=O)[O-])c(N)c(Cl)c1F. The average Bonchev–Trinajstić information content (AvgIpc) is 2.25. The summed E-state index contributed by atoms with van der Waals surface area (Å²) in [5, 5.41) is 9.87. The van der Waals surface area contributed by atoms with Crippen LogP contribution in [-0.2, 0) is 4.74 Å². The summed E-state index contributed by atoms with van der Waals surface area (Å²) in [7, 11) is 1.01. The number of benzene rings is 1. The second-order valence-corrected chi connectivity index (χ2v) is 3.11. The Morgan fingerprint density at radius 2 is 2.25 bits per heavy atom. The summed E-state index contributed by atoms with van der Waals surface area (Å²) in [5.41, 5.74) is 3.42. The zero-order valence-corrected chi connectivity index (χ0v) is 8.75. The largest absolute Gasteiger partial charge is 0.465 e. The number of nitrogens with two attached hydrogens (primary N) is 1. The molecule has 0 aliphatic heterocycles. The standard InChI is InChI=1S/C8H6ClFN2O4/c1-16-8(13)3-2-4(12(14)15)7(11)5(9)6(3)10/h2H,11H2,1H3. The van der Waals surface area contributed by atoms with Crippen LogP contribution in [0.4, 0.5) is 15.8 Å². The zero-order valence-electron chi connectivity index (χ0n) is 7.99. The van der Waals surface area contributed by atoms with Crippen molar-refractivity contribution in [2.24, 2.45) is 0 Å². The normalized spacial score (nSPS) is 9.94. The number of nitrogen functional groups attached to an aromatic ring is 1. The zero-order chi connectivity index (χ0) is 12.5. The minimum absolute atomic E-state index is 0.531. The Kier molecular flexibility index (Phi) is 3.28. The molecule has 0 aromatic heterocycles. The van der Waals surface area contributed by atoms with Crippen LogP contribution in [0.3, 0.4) is 0 Å². The second-order valence-electron chi connectivity index (χ2n) is 2.73. The highest BCUT2D eigenvalue weighted by molar-refractivity contribution is 6.34. The quantitative estimate of drug-likeness (QED) is 0.372. The number of halogens is 2. The maximum Gasteiger partial charge on any atom is 0.341 e. The third kappa shape index (κ3) is 1.89. The molecule has 0 unspecified atom stereocenters. The lowest BCUT2D eigenvalue weighted by Gasteiger charge is -2.05. The van der Waals surface area contributed by atoms with Crippen molar-refractivity contribution in [3.63, 3.8) is 0 Å². The molecule has 1 rings (SSSR count). The van der Waals surface area contributed by atoms with E-state index in [2.05, 4.69) is 4.74 Å². The van der Waals surface area contributed by atoms with Gasteiger partial charge in [0, 0.05) is 6.07 Å². The molecule has 0 aliphatic carbocycles. The van der Waals surface area contributed by atoms with Crippen LogP contribution in [-0.4, -0.2) is 18.0 Å². The Labute approximate surface area is 93.9 Å². The van der Waals surface area contributed by atoms with Gasteiger partial charge in [-0.2, -0.15) is 0 Å². The van der Waals surface area contributed by atoms with Gasteiger partial charge in [0.15, 0.2) is 5.82 Å². The van der Waals surface area contributed by atoms with Gasteiger partial charge in [0.25, 0.3) is 5.69 Å². The maximum atomic E-state index is 13.4. The van der Waals surface area contributed by atoms with Gasteiger partial charge >= 0.3 is 5.97 Å². The van der Waals surface area contributed by atoms with E-state index < -0.39 is 38.7 Å². The van der Waals surface area contributed by atoms with E-state index in [-0.39, 0.29) is 0 Å². The number of methoxy groups -OCH3 is 1. The number of nitro groups is 1. The summed E-state index contributed by atoms with van der Waals surface area (Å²) in [6.45, 7) is 0. The van der Waals surface area contributed by atoms with Crippen LogP contribution >= 0.6 is 11.6 Å². The highest BCUT2D eigenvalue weighted by Crippen LogP contribution is 2.34. The molecule has 1 aromatic carbocycles. The minimum atomic E-state index is -1.14. The predicted octanol–water partition coefficient (Wildman–Crippen LogP) is 1.76. The van der Waals surface area contributed by atoms with Crippen LogP contribution in [0.1, 0.15) is 10.4 Å². The molecule has 2 N–H and O–H groups in total. The van der Waals surface area contributed by atoms with Crippen LogP contribution in [0.15, 0.2) is 6.07 Å². The molecule has 6 nitrogen and oxygen atoms in total. The van der Waals surface area contributed by atoms with Crippen molar-refractivity contribution in [1.29, 1.82) is 0 Å². The monoisotopic (exact) mass is 248 g/mol. The first-order valence-electron chi connectivity index (χ1n) is 3.90. The van der Waals surface area contributed by atoms with Gasteiger partial charge in [0.1, 0.15) is 16.3 Å². The van der Waals surface area contributed by atoms with Crippen molar-refractivity contribution in [1.82, 2.24) is 0 Å². The third-order valence-corrected chi connectivity index (χ3v) is 2.19. The number of esters is 1. The van der Waals surface area contributed by atoms with Gasteiger partial charge < -0.3 is 10.5 Å². The number of carbonyl (C=O) groups is 1. The molecule has 0 aliphatic rings. The fourth-order valence-electron chi connectivity index (χ4n) is 1.04. The molecule has 0 atom stereocenters. The van der Waals surface area contributed by atoms with Crippen LogP contribution in [0.5, 0.6) is 0 Å². The number of hydrogen-bond donors (Lipinski definition) is 1. The summed E-state index contributed by atoms with van der Waals surface area (Å²) < 4.78 is 17.7. The number of hydrogen-bond acceptors (Lipinski definition) is 5. The molecule has 0 bridgehead atoms. The second kappa shape index (κ2) is 4.31. The van der Waals surface area contributed by atoms with Gasteiger partial charge in [-0.3, -0.25) is 10.1 Å². The van der Waals surface area contributed by atoms with E-state index in [1.807, 2.05) is 0 Å². The summed E-state index contributed by atoms with van der Waals surface area (Å²) in [5.74, 6) is -2.21. The molecule has 0 fully saturated rings. The van der Waals surface area contributed by atoms with Crippen LogP contribution in [0, 0.1) is 15.9 Å². The molecule has 0 saturated carbocycles. The molecule has 0 amide bonds. The lowest BCUT2D eigenvalue weighted by atomic mass is 10.1. The lowest BCUT2D eigenvalue weighted by Crippen LogP contribution is -2.08. The number of nitro benzene ring substituents is 1. The Morgan fingerprint density at radius 3 is 2.69 bits per heavy atom. The molecule has 16 heavy (non-hydrogen) atoms. The third-order valence-electron chi connectivity index (χ3n) is 1.82. The summed E-state index contributed by atoms with van der Waals surface area (Å²) >= 11 is 5.42. The molecular formula is C8H6ClFN2O4. The molecule has 0 spiro atoms. The van der Waals surface area contributed by atoms with E-state index in [0.717, 1.165) is 7.11 Å². The van der Waals surface area contributed by atoms with Crippen molar-refractivity contribution >= 4 is 28.9 Å². The van der Waals surface area contributed by atoms with E-state index in [1.54, 1.807) is 0 Å². The van der Waals surface area contributed by atoms with Crippen molar-refractivity contribution in [3.05, 3.63) is 32.6 Å².